The van der Waals surface area contributed by atoms with Crippen LogP contribution in [0.2, 0.25) is 0 Å². The van der Waals surface area contributed by atoms with Crippen molar-refractivity contribution in [3.8, 4) is 0 Å². The number of amides is 1. The minimum absolute atomic E-state index is 0.212. The van der Waals surface area contributed by atoms with Gasteiger partial charge in [0.15, 0.2) is 0 Å². The number of carboxylic acid groups (broad SMARTS) is 1. The Labute approximate surface area is 128 Å². The summed E-state index contributed by atoms with van der Waals surface area (Å²) in [4.78, 5) is 23.5. The minimum atomic E-state index is -3.46. The second kappa shape index (κ2) is 5.60. The van der Waals surface area contributed by atoms with Crippen molar-refractivity contribution in [2.45, 2.75) is 31.7 Å². The van der Waals surface area contributed by atoms with Gasteiger partial charge in [-0.2, -0.15) is 0 Å². The maximum absolute atomic E-state index is 12.2. The molecule has 1 aliphatic rings. The lowest BCUT2D eigenvalue weighted by molar-refractivity contribution is -0.148. The van der Waals surface area contributed by atoms with E-state index in [9.17, 15) is 23.1 Å². The smallest absolute Gasteiger partial charge is 0.329 e. The maximum atomic E-state index is 12.2. The van der Waals surface area contributed by atoms with Crippen LogP contribution in [0.15, 0.2) is 18.2 Å². The first kappa shape index (κ1) is 16.3. The maximum Gasteiger partial charge on any atom is 0.329 e. The van der Waals surface area contributed by atoms with Gasteiger partial charge in [-0.25, -0.2) is 13.2 Å². The first-order valence-electron chi connectivity index (χ1n) is 6.77. The van der Waals surface area contributed by atoms with Crippen molar-refractivity contribution in [1.29, 1.82) is 0 Å². The summed E-state index contributed by atoms with van der Waals surface area (Å²) in [5, 5.41) is 11.8. The molecule has 0 atom stereocenters. The lowest BCUT2D eigenvalue weighted by Gasteiger charge is -2.38. The fourth-order valence-corrected chi connectivity index (χ4v) is 2.90. The number of carbonyl (C=O) groups excluding carboxylic acids is 1. The van der Waals surface area contributed by atoms with Crippen LogP contribution in [0.5, 0.6) is 0 Å². The summed E-state index contributed by atoms with van der Waals surface area (Å²) in [5.74, 6) is -1.58. The molecule has 1 aromatic carbocycles. The Morgan fingerprint density at radius 3 is 2.36 bits per heavy atom. The van der Waals surface area contributed by atoms with Crippen LogP contribution in [0.3, 0.4) is 0 Å². The van der Waals surface area contributed by atoms with E-state index in [0.717, 1.165) is 12.7 Å². The molecule has 0 radical (unpaired) electrons. The Morgan fingerprint density at radius 1 is 1.27 bits per heavy atom. The van der Waals surface area contributed by atoms with Crippen molar-refractivity contribution in [2.75, 3.05) is 11.0 Å². The first-order valence-corrected chi connectivity index (χ1v) is 8.66. The molecule has 1 amide bonds. The molecule has 1 aromatic rings. The summed E-state index contributed by atoms with van der Waals surface area (Å²) in [5.41, 5.74) is -0.0252. The fraction of sp³-hybridized carbons (Fsp3) is 0.429. The van der Waals surface area contributed by atoms with E-state index in [1.165, 1.54) is 12.1 Å². The molecule has 0 aliphatic heterocycles. The normalized spacial score (nSPS) is 16.5. The predicted molar refractivity (Wildman–Crippen MR) is 81.3 cm³/mol. The van der Waals surface area contributed by atoms with Crippen LogP contribution in [0.1, 0.15) is 35.2 Å². The van der Waals surface area contributed by atoms with E-state index < -0.39 is 27.4 Å². The molecule has 1 aliphatic carbocycles. The quantitative estimate of drug-likeness (QED) is 0.750. The number of rotatable bonds is 5. The highest BCUT2D eigenvalue weighted by molar-refractivity contribution is 7.92. The Kier molecular flexibility index (Phi) is 4.15. The van der Waals surface area contributed by atoms with Crippen molar-refractivity contribution in [2.24, 2.45) is 0 Å². The zero-order chi connectivity index (χ0) is 16.5. The van der Waals surface area contributed by atoms with Gasteiger partial charge in [0.05, 0.1) is 11.9 Å². The van der Waals surface area contributed by atoms with E-state index in [0.29, 0.717) is 24.1 Å². The molecular weight excluding hydrogens is 308 g/mol. The van der Waals surface area contributed by atoms with Crippen molar-refractivity contribution < 1.29 is 23.1 Å². The highest BCUT2D eigenvalue weighted by Gasteiger charge is 2.45. The average Bonchev–Trinajstić information content (AvgIpc) is 2.34. The second-order valence-corrected chi connectivity index (χ2v) is 7.35. The number of carboxylic acids is 1. The molecular formula is C14H18N2O5S. The molecule has 0 heterocycles. The monoisotopic (exact) mass is 326 g/mol. The van der Waals surface area contributed by atoms with Crippen LogP contribution in [0.4, 0.5) is 5.69 Å². The number of anilines is 1. The molecule has 3 N–H and O–H groups in total. The van der Waals surface area contributed by atoms with Gasteiger partial charge in [-0.15, -0.1) is 0 Å². The molecule has 0 unspecified atom stereocenters. The predicted octanol–water partition coefficient (Wildman–Crippen LogP) is 1.10. The highest BCUT2D eigenvalue weighted by Crippen LogP contribution is 2.32. The van der Waals surface area contributed by atoms with E-state index in [2.05, 4.69) is 10.0 Å². The summed E-state index contributed by atoms with van der Waals surface area (Å²) < 4.78 is 25.0. The first-order chi connectivity index (χ1) is 10.1. The Balaban J connectivity index is 2.23. The molecule has 8 heteroatoms. The fourth-order valence-electron chi connectivity index (χ4n) is 2.29. The van der Waals surface area contributed by atoms with Gasteiger partial charge in [0, 0.05) is 5.56 Å². The van der Waals surface area contributed by atoms with Crippen molar-refractivity contribution >= 4 is 27.6 Å². The Hall–Kier alpha value is -2.09. The Bertz CT molecular complexity index is 723. The number of sulfonamides is 1. The molecule has 0 spiro atoms. The topological polar surface area (TPSA) is 113 Å². The SMILES string of the molecule is Cc1ccc(C(=O)NC2(C(=O)O)CCC2)cc1NS(C)(=O)=O. The molecule has 120 valence electrons. The third kappa shape index (κ3) is 3.38. The van der Waals surface area contributed by atoms with E-state index in [1.807, 2.05) is 0 Å². The van der Waals surface area contributed by atoms with Gasteiger partial charge in [0.1, 0.15) is 5.54 Å². The van der Waals surface area contributed by atoms with Crippen LogP contribution in [-0.2, 0) is 14.8 Å². The van der Waals surface area contributed by atoms with E-state index in [1.54, 1.807) is 13.0 Å². The minimum Gasteiger partial charge on any atom is -0.480 e. The number of hydrogen-bond acceptors (Lipinski definition) is 4. The van der Waals surface area contributed by atoms with Gasteiger partial charge >= 0.3 is 5.97 Å². The third-order valence-electron chi connectivity index (χ3n) is 3.76. The van der Waals surface area contributed by atoms with Crippen molar-refractivity contribution in [3.63, 3.8) is 0 Å². The van der Waals surface area contributed by atoms with E-state index >= 15 is 0 Å². The van der Waals surface area contributed by atoms with Gasteiger partial charge in [0.2, 0.25) is 10.0 Å². The largest absolute Gasteiger partial charge is 0.480 e. The second-order valence-electron chi connectivity index (χ2n) is 5.60. The van der Waals surface area contributed by atoms with Crippen molar-refractivity contribution in [3.05, 3.63) is 29.3 Å². The summed E-state index contributed by atoms with van der Waals surface area (Å²) in [6, 6.07) is 4.54. The van der Waals surface area contributed by atoms with Crippen LogP contribution in [0, 0.1) is 6.92 Å². The van der Waals surface area contributed by atoms with E-state index in [-0.39, 0.29) is 5.56 Å². The Morgan fingerprint density at radius 2 is 1.91 bits per heavy atom. The molecule has 22 heavy (non-hydrogen) atoms. The van der Waals surface area contributed by atoms with Gasteiger partial charge < -0.3 is 10.4 Å². The summed E-state index contributed by atoms with van der Waals surface area (Å²) in [6.07, 6.45) is 2.57. The third-order valence-corrected chi connectivity index (χ3v) is 4.36. The van der Waals surface area contributed by atoms with Gasteiger partial charge in [-0.3, -0.25) is 9.52 Å². The zero-order valence-corrected chi connectivity index (χ0v) is 13.2. The standard InChI is InChI=1S/C14H18N2O5S/c1-9-4-5-10(8-11(9)16-22(2,20)21)12(17)15-14(13(18)19)6-3-7-14/h4-5,8,16H,3,6-7H2,1-2H3,(H,15,17)(H,18,19). The summed E-state index contributed by atoms with van der Waals surface area (Å²) in [7, 11) is -3.46. The number of carbonyl (C=O) groups is 2. The summed E-state index contributed by atoms with van der Waals surface area (Å²) in [6.45, 7) is 1.71. The number of hydrogen-bond donors (Lipinski definition) is 3. The molecule has 0 aromatic heterocycles. The lowest BCUT2D eigenvalue weighted by Crippen LogP contribution is -2.59. The molecule has 2 rings (SSSR count). The molecule has 1 fully saturated rings. The summed E-state index contributed by atoms with van der Waals surface area (Å²) >= 11 is 0. The molecule has 7 nitrogen and oxygen atoms in total. The molecule has 1 saturated carbocycles. The highest BCUT2D eigenvalue weighted by atomic mass is 32.2. The number of benzene rings is 1. The van der Waals surface area contributed by atoms with Crippen LogP contribution < -0.4 is 10.0 Å². The van der Waals surface area contributed by atoms with Gasteiger partial charge in [0.25, 0.3) is 5.91 Å². The van der Waals surface area contributed by atoms with Crippen LogP contribution in [-0.4, -0.2) is 37.2 Å². The molecule has 0 bridgehead atoms. The van der Waals surface area contributed by atoms with E-state index in [4.69, 9.17) is 0 Å². The number of nitrogens with one attached hydrogen (secondary N) is 2. The number of aryl methyl sites for hydroxylation is 1. The average molecular weight is 326 g/mol. The zero-order valence-electron chi connectivity index (χ0n) is 12.3. The van der Waals surface area contributed by atoms with Crippen LogP contribution in [0.25, 0.3) is 0 Å². The molecule has 0 saturated heterocycles. The van der Waals surface area contributed by atoms with Crippen LogP contribution >= 0.6 is 0 Å². The van der Waals surface area contributed by atoms with Crippen molar-refractivity contribution in [1.82, 2.24) is 5.32 Å². The lowest BCUT2D eigenvalue weighted by atomic mass is 9.76. The van der Waals surface area contributed by atoms with Gasteiger partial charge in [-0.05, 0) is 43.9 Å². The number of aliphatic carboxylic acids is 1. The van der Waals surface area contributed by atoms with Gasteiger partial charge in [-0.1, -0.05) is 6.07 Å².